The number of rotatable bonds is 22. The van der Waals surface area contributed by atoms with Crippen LogP contribution in [0.1, 0.15) is 110 Å². The van der Waals surface area contributed by atoms with E-state index in [2.05, 4.69) is 161 Å². The Bertz CT molecular complexity index is 5270. The van der Waals surface area contributed by atoms with E-state index in [1.807, 2.05) is 168 Å². The standard InChI is InChI=1S/C26H24N6O3.C26H23N3O3.C24H20N6O3.3CH4.I3.I2.HI/c1-3-34-25(33)21-10-7-11-22-23(21)32(26(27-22)35-4-2)16-17-12-14-18(15-13-17)19-8-5-6-9-20(19)24-28-30-31-29-24;1-3-31-25(30)22-10-7-11-23-24(22)29(26(28-23)32-4-2)17-18-12-14-19(15-13-18)21-9-6-5-8-20(21)16-27;1-2-33-24-25-20-9-5-8-19(23(31)32)21(20)30(24)14-15-10-12-16(13-11-15)17-6-3-4-7-18(17)22-26-28-29-27-22;;;;1-3-2;1-2;/h5-15H,3-4,16H2,1-2H3,(H,28,29,30,31);5-15H,3-4,17H2,1-2H3;3-13H,2,14H2,1H3,(H,31,32)(H,26,27,28,29);3*1H4;;;1H/q;;;;;;-1;;. The van der Waals surface area contributed by atoms with Gasteiger partial charge in [-0.2, -0.15) is 30.6 Å². The summed E-state index contributed by atoms with van der Waals surface area (Å²) in [5.41, 5.74) is 16.3. The molecule has 0 fully saturated rings. The number of carboxylic acid groups (broad SMARTS) is 1. The Morgan fingerprint density at radius 2 is 0.752 bits per heavy atom. The molecule has 0 aliphatic heterocycles. The number of nitrogens with one attached hydrogen (secondary N) is 2. The van der Waals surface area contributed by atoms with E-state index in [0.717, 1.165) is 61.2 Å². The number of tetrazole rings is 2. The summed E-state index contributed by atoms with van der Waals surface area (Å²) < 4.78 is 33.5. The molecule has 14 aromatic rings. The zero-order chi connectivity index (χ0) is 74.2. The number of ether oxygens (including phenoxy) is 5. The number of carboxylic acids is 1. The summed E-state index contributed by atoms with van der Waals surface area (Å²) in [6.07, 6.45) is 0. The van der Waals surface area contributed by atoms with Gasteiger partial charge in [-0.15, -0.1) is 44.4 Å². The van der Waals surface area contributed by atoms with Gasteiger partial charge in [0.05, 0.1) is 114 Å². The van der Waals surface area contributed by atoms with Crippen LogP contribution in [0.2, 0.25) is 0 Å². The molecule has 0 radical (unpaired) electrons. The van der Waals surface area contributed by atoms with E-state index in [1.165, 1.54) is 0 Å². The second-order valence-electron chi connectivity index (χ2n) is 22.4. The van der Waals surface area contributed by atoms with Gasteiger partial charge >= 0.3 is 68.4 Å². The van der Waals surface area contributed by atoms with Crippen molar-refractivity contribution in [1.29, 1.82) is 5.26 Å². The van der Waals surface area contributed by atoms with E-state index < -0.39 is 5.97 Å². The van der Waals surface area contributed by atoms with E-state index in [0.29, 0.717) is 145 Å². The van der Waals surface area contributed by atoms with Crippen molar-refractivity contribution >= 4 is 149 Å². The topological polar surface area (TPSA) is 304 Å². The van der Waals surface area contributed by atoms with Crippen LogP contribution in [0.15, 0.2) is 200 Å². The first kappa shape index (κ1) is 89.1. The molecule has 109 heavy (non-hydrogen) atoms. The third kappa shape index (κ3) is 21.8. The van der Waals surface area contributed by atoms with Gasteiger partial charge in [-0.1, -0.05) is 180 Å². The molecular weight excluding hydrogens is 2060 g/mol. The molecule has 0 saturated carbocycles. The molecule has 30 heteroatoms. The van der Waals surface area contributed by atoms with Crippen molar-refractivity contribution in [2.45, 2.75) is 76.5 Å². The number of hydrogen-bond acceptors (Lipinski definition) is 18. The number of nitrogens with zero attached hydrogens (tertiary/aromatic N) is 13. The first-order chi connectivity index (χ1) is 51.4. The molecular formula is C79H80I6N15O9-. The van der Waals surface area contributed by atoms with E-state index in [4.69, 9.17) is 23.7 Å². The van der Waals surface area contributed by atoms with Crippen LogP contribution >= 0.6 is 98.4 Å². The van der Waals surface area contributed by atoms with Crippen LogP contribution in [0, 0.1) is 11.3 Å². The summed E-state index contributed by atoms with van der Waals surface area (Å²) in [6, 6.07) is 67.1. The number of nitriles is 1. The van der Waals surface area contributed by atoms with Gasteiger partial charge in [-0.05, 0) is 138 Å². The molecule has 568 valence electrons. The van der Waals surface area contributed by atoms with Crippen molar-refractivity contribution in [3.05, 3.63) is 239 Å². The minimum absolute atomic E-state index is 0. The van der Waals surface area contributed by atoms with Crippen molar-refractivity contribution in [2.75, 3.05) is 33.0 Å². The van der Waals surface area contributed by atoms with Crippen molar-refractivity contribution in [1.82, 2.24) is 69.9 Å². The van der Waals surface area contributed by atoms with Gasteiger partial charge in [0, 0.05) is 48.4 Å². The number of imidazole rings is 3. The van der Waals surface area contributed by atoms with Crippen LogP contribution in [0.5, 0.6) is 18.0 Å². The number of hydrogen-bond donors (Lipinski definition) is 3. The fraction of sp³-hybridized carbons (Fsp3) is 0.203. The Morgan fingerprint density at radius 1 is 0.440 bits per heavy atom. The van der Waals surface area contributed by atoms with Gasteiger partial charge < -0.3 is 28.8 Å². The zero-order valence-electron chi connectivity index (χ0n) is 57.5. The fourth-order valence-corrected chi connectivity index (χ4v) is 11.7. The SMILES string of the molecule is C.C.C.CCOC(=O)c1cccc2nc(OCC)n(Cc3ccc(-c4ccccc4-c4nn[nH]n4)cc3)c12.CCOC(=O)c1cccc2nc(OCC)n(Cc3ccc(-c4ccccc4C#N)cc3)c12.CCOc1nc2cccc(C(=O)O)c2n1Cc1ccc(-c2ccccc2-c2nn[nH]n2)cc1.I.II.I[I-]I. The number of carbonyl (C=O) groups is 3. The van der Waals surface area contributed by atoms with Crippen molar-refractivity contribution in [2.24, 2.45) is 0 Å². The molecule has 14 rings (SSSR count). The molecule has 0 bridgehead atoms. The second-order valence-corrected chi connectivity index (χ2v) is 38.6. The number of esters is 2. The van der Waals surface area contributed by atoms with Crippen LogP contribution in [0.3, 0.4) is 0 Å². The van der Waals surface area contributed by atoms with Crippen molar-refractivity contribution in [3.8, 4) is 80.3 Å². The third-order valence-electron chi connectivity index (χ3n) is 16.1. The van der Waals surface area contributed by atoms with E-state index in [1.54, 1.807) is 56.3 Å². The fourth-order valence-electron chi connectivity index (χ4n) is 11.7. The molecule has 0 saturated heterocycles. The molecule has 0 aliphatic rings. The average Bonchev–Trinajstić information content (AvgIpc) is 1.67. The average molecular weight is 2150 g/mol. The number of aromatic carboxylic acids is 1. The third-order valence-corrected chi connectivity index (χ3v) is 16.1. The van der Waals surface area contributed by atoms with Crippen molar-refractivity contribution < 1.29 is 56.4 Å². The Kier molecular flexibility index (Phi) is 36.6. The molecule has 5 aromatic heterocycles. The molecule has 0 atom stereocenters. The predicted octanol–water partition coefficient (Wildman–Crippen LogP) is 16.8. The summed E-state index contributed by atoms with van der Waals surface area (Å²) in [6.45, 7) is 12.6. The molecule has 5 heterocycles. The van der Waals surface area contributed by atoms with Gasteiger partial charge in [0.25, 0.3) is 18.0 Å². The predicted molar refractivity (Wildman–Crippen MR) is 467 cm³/mol. The van der Waals surface area contributed by atoms with Crippen LogP contribution in [0.25, 0.3) is 89.3 Å². The monoisotopic (exact) mass is 2140 g/mol. The van der Waals surface area contributed by atoms with Gasteiger partial charge in [-0.25, -0.2) is 14.4 Å². The van der Waals surface area contributed by atoms with Crippen LogP contribution < -0.4 is 27.5 Å². The zero-order valence-corrected chi connectivity index (χ0v) is 70.7. The van der Waals surface area contributed by atoms with E-state index in [9.17, 15) is 24.8 Å². The van der Waals surface area contributed by atoms with Gasteiger partial charge in [0.2, 0.25) is 11.6 Å². The van der Waals surface area contributed by atoms with E-state index in [-0.39, 0.29) is 63.8 Å². The Hall–Kier alpha value is -8.79. The minimum atomic E-state index is -1.00. The number of H-pyrrole nitrogens is 2. The number of carbonyl (C=O) groups excluding carboxylic acids is 2. The number of fused-ring (bicyclic) bond motifs is 3. The van der Waals surface area contributed by atoms with Crippen LogP contribution in [-0.4, -0.2) is 126 Å². The summed E-state index contributed by atoms with van der Waals surface area (Å²) in [7, 11) is 0. The van der Waals surface area contributed by atoms with Gasteiger partial charge in [0.15, 0.2) is 0 Å². The quantitative estimate of drug-likeness (QED) is 0.0419. The Balaban J connectivity index is 0.000000244. The molecule has 24 nitrogen and oxygen atoms in total. The number of halogens is 6. The maximum atomic E-state index is 12.6. The number of aromatic nitrogens is 14. The van der Waals surface area contributed by atoms with Gasteiger partial charge in [0.1, 0.15) is 0 Å². The second kappa shape index (κ2) is 44.8. The summed E-state index contributed by atoms with van der Waals surface area (Å²) >= 11 is 9.54. The number of aromatic amines is 2. The normalized spacial score (nSPS) is 10.3. The molecule has 0 unspecified atom stereocenters. The molecule has 0 spiro atoms. The number of para-hydroxylation sites is 3. The molecule has 9 aromatic carbocycles. The molecule has 3 N–H and O–H groups in total. The van der Waals surface area contributed by atoms with Crippen LogP contribution in [-0.2, 0) is 29.1 Å². The van der Waals surface area contributed by atoms with Gasteiger partial charge in [-0.3, -0.25) is 13.7 Å². The summed E-state index contributed by atoms with van der Waals surface area (Å²) in [5.74, 6) is -0.691. The summed E-state index contributed by atoms with van der Waals surface area (Å²) in [5, 5.41) is 47.8. The number of benzene rings is 9. The molecule has 0 amide bonds. The maximum absolute atomic E-state index is 12.6. The first-order valence-corrected chi connectivity index (χ1v) is 51.7. The Morgan fingerprint density at radius 3 is 1.06 bits per heavy atom. The first-order valence-electron chi connectivity index (χ1n) is 32.8. The molecule has 0 aliphatic carbocycles. The Labute approximate surface area is 702 Å². The van der Waals surface area contributed by atoms with Crippen LogP contribution in [0.4, 0.5) is 0 Å². The summed E-state index contributed by atoms with van der Waals surface area (Å²) in [4.78, 5) is 50.7. The van der Waals surface area contributed by atoms with Crippen molar-refractivity contribution in [3.63, 3.8) is 0 Å². The van der Waals surface area contributed by atoms with E-state index >= 15 is 0 Å².